The Morgan fingerprint density at radius 2 is 0.714 bits per heavy atom. The molecule has 0 atom stereocenters. The largest absolute Gasteiger partial charge is 0.423 e. The summed E-state index contributed by atoms with van der Waals surface area (Å²) < 4.78 is 10.5. The standard InChI is InChI=1S/C43H34N2O4/c1-3-42(46)48-40-27-23-38(24-28-40)44(34-11-7-5-8-12-34)36-19-15-32(16-20-36)31-33-17-21-37(22-18-33)45(35-13-9-6-10-14-35)39-25-29-41(30-26-39)49-43(47)4-2/h3-30H,1-2,31H2. The Hall–Kier alpha value is -6.66. The maximum absolute atomic E-state index is 11.6. The van der Waals surface area contributed by atoms with Crippen molar-refractivity contribution in [3.05, 3.63) is 194 Å². The monoisotopic (exact) mass is 642 g/mol. The summed E-state index contributed by atoms with van der Waals surface area (Å²) in [6.07, 6.45) is 3.06. The molecule has 6 aromatic rings. The summed E-state index contributed by atoms with van der Waals surface area (Å²) in [4.78, 5) is 27.6. The first-order chi connectivity index (χ1) is 24.0. The number of hydrogen-bond acceptors (Lipinski definition) is 6. The zero-order valence-electron chi connectivity index (χ0n) is 26.8. The molecule has 49 heavy (non-hydrogen) atoms. The molecule has 0 saturated heterocycles. The van der Waals surface area contributed by atoms with Gasteiger partial charge in [0.1, 0.15) is 11.5 Å². The number of para-hydroxylation sites is 2. The van der Waals surface area contributed by atoms with Crippen molar-refractivity contribution in [1.82, 2.24) is 0 Å². The van der Waals surface area contributed by atoms with Crippen molar-refractivity contribution in [2.24, 2.45) is 0 Å². The first-order valence-corrected chi connectivity index (χ1v) is 15.8. The highest BCUT2D eigenvalue weighted by atomic mass is 16.5. The lowest BCUT2D eigenvalue weighted by Gasteiger charge is -2.26. The number of nitrogens with zero attached hydrogens (tertiary/aromatic N) is 2. The van der Waals surface area contributed by atoms with Crippen molar-refractivity contribution in [3.8, 4) is 11.5 Å². The Labute approximate surface area is 286 Å². The molecule has 6 heteroatoms. The van der Waals surface area contributed by atoms with E-state index in [1.807, 2.05) is 60.7 Å². The van der Waals surface area contributed by atoms with E-state index in [-0.39, 0.29) is 0 Å². The van der Waals surface area contributed by atoms with E-state index in [0.717, 1.165) is 52.7 Å². The fourth-order valence-electron chi connectivity index (χ4n) is 5.45. The highest BCUT2D eigenvalue weighted by molar-refractivity contribution is 5.84. The fourth-order valence-corrected chi connectivity index (χ4v) is 5.45. The van der Waals surface area contributed by atoms with E-state index >= 15 is 0 Å². The van der Waals surface area contributed by atoms with Gasteiger partial charge in [-0.1, -0.05) is 73.8 Å². The molecule has 0 aliphatic rings. The van der Waals surface area contributed by atoms with Crippen molar-refractivity contribution in [3.63, 3.8) is 0 Å². The van der Waals surface area contributed by atoms with Gasteiger partial charge in [0, 0.05) is 46.3 Å². The highest BCUT2D eigenvalue weighted by Gasteiger charge is 2.15. The van der Waals surface area contributed by atoms with Crippen molar-refractivity contribution >= 4 is 46.1 Å². The minimum atomic E-state index is -0.494. The van der Waals surface area contributed by atoms with E-state index in [1.54, 1.807) is 24.3 Å². The normalized spacial score (nSPS) is 10.4. The van der Waals surface area contributed by atoms with Crippen LogP contribution in [-0.4, -0.2) is 11.9 Å². The number of hydrogen-bond donors (Lipinski definition) is 0. The number of carbonyl (C=O) groups excluding carboxylic acids is 2. The molecular formula is C43H34N2O4. The Balaban J connectivity index is 1.21. The summed E-state index contributed by atoms with van der Waals surface area (Å²) in [5.41, 5.74) is 8.26. The van der Waals surface area contributed by atoms with Crippen molar-refractivity contribution in [1.29, 1.82) is 0 Å². The molecule has 6 rings (SSSR count). The summed E-state index contributed by atoms with van der Waals surface area (Å²) in [5.74, 6) is -0.0726. The Morgan fingerprint density at radius 3 is 1.02 bits per heavy atom. The Kier molecular flexibility index (Phi) is 10.1. The third-order valence-corrected chi connectivity index (χ3v) is 7.79. The molecule has 6 aromatic carbocycles. The van der Waals surface area contributed by atoms with Crippen LogP contribution >= 0.6 is 0 Å². The van der Waals surface area contributed by atoms with Crippen LogP contribution in [0.15, 0.2) is 183 Å². The second kappa shape index (κ2) is 15.3. The number of ether oxygens (including phenoxy) is 2. The van der Waals surface area contributed by atoms with Gasteiger partial charge < -0.3 is 19.3 Å². The van der Waals surface area contributed by atoms with Gasteiger partial charge in [-0.3, -0.25) is 0 Å². The Morgan fingerprint density at radius 1 is 0.429 bits per heavy atom. The van der Waals surface area contributed by atoms with Gasteiger partial charge in [-0.25, -0.2) is 9.59 Å². The van der Waals surface area contributed by atoms with E-state index in [0.29, 0.717) is 11.5 Å². The predicted molar refractivity (Wildman–Crippen MR) is 197 cm³/mol. The number of esters is 2. The van der Waals surface area contributed by atoms with Gasteiger partial charge in [0.25, 0.3) is 0 Å². The molecule has 0 unspecified atom stereocenters. The molecule has 0 spiro atoms. The lowest BCUT2D eigenvalue weighted by atomic mass is 10.0. The lowest BCUT2D eigenvalue weighted by molar-refractivity contribution is -0.129. The molecule has 0 fully saturated rings. The highest BCUT2D eigenvalue weighted by Crippen LogP contribution is 2.37. The zero-order valence-corrected chi connectivity index (χ0v) is 26.8. The second-order valence-corrected chi connectivity index (χ2v) is 11.1. The number of carbonyl (C=O) groups is 2. The molecule has 0 saturated carbocycles. The lowest BCUT2D eigenvalue weighted by Crippen LogP contribution is -2.10. The molecule has 0 radical (unpaired) electrons. The van der Waals surface area contributed by atoms with E-state index in [9.17, 15) is 9.59 Å². The maximum Gasteiger partial charge on any atom is 0.335 e. The van der Waals surface area contributed by atoms with Crippen LogP contribution in [0.1, 0.15) is 11.1 Å². The van der Waals surface area contributed by atoms with E-state index in [1.165, 1.54) is 11.1 Å². The zero-order chi connectivity index (χ0) is 34.0. The average molecular weight is 643 g/mol. The molecule has 0 amide bonds. The molecular weight excluding hydrogens is 608 g/mol. The third kappa shape index (κ3) is 8.02. The number of rotatable bonds is 12. The first-order valence-electron chi connectivity index (χ1n) is 15.8. The second-order valence-electron chi connectivity index (χ2n) is 11.1. The molecule has 0 heterocycles. The third-order valence-electron chi connectivity index (χ3n) is 7.79. The van der Waals surface area contributed by atoms with Gasteiger partial charge >= 0.3 is 11.9 Å². The number of benzene rings is 6. The average Bonchev–Trinajstić information content (AvgIpc) is 3.15. The molecule has 0 N–H and O–H groups in total. The van der Waals surface area contributed by atoms with Crippen LogP contribution in [0, 0.1) is 0 Å². The maximum atomic E-state index is 11.6. The van der Waals surface area contributed by atoms with Gasteiger partial charge in [0.2, 0.25) is 0 Å². The summed E-state index contributed by atoms with van der Waals surface area (Å²) in [7, 11) is 0. The quantitative estimate of drug-likeness (QED) is 0.0752. The van der Waals surface area contributed by atoms with Gasteiger partial charge in [-0.2, -0.15) is 0 Å². The van der Waals surface area contributed by atoms with Gasteiger partial charge in [-0.05, 0) is 115 Å². The molecule has 0 aromatic heterocycles. The topological polar surface area (TPSA) is 59.1 Å². The minimum absolute atomic E-state index is 0.458. The van der Waals surface area contributed by atoms with Crippen LogP contribution in [0.4, 0.5) is 34.1 Å². The van der Waals surface area contributed by atoms with Crippen molar-refractivity contribution < 1.29 is 19.1 Å². The van der Waals surface area contributed by atoms with Crippen LogP contribution in [0.2, 0.25) is 0 Å². The van der Waals surface area contributed by atoms with Gasteiger partial charge in [-0.15, -0.1) is 0 Å². The van der Waals surface area contributed by atoms with Gasteiger partial charge in [0.15, 0.2) is 0 Å². The summed E-state index contributed by atoms with van der Waals surface area (Å²) in [6, 6.07) is 52.2. The molecule has 240 valence electrons. The summed E-state index contributed by atoms with van der Waals surface area (Å²) >= 11 is 0. The van der Waals surface area contributed by atoms with Crippen molar-refractivity contribution in [2.75, 3.05) is 9.80 Å². The predicted octanol–water partition coefficient (Wildman–Crippen LogP) is 10.4. The molecule has 6 nitrogen and oxygen atoms in total. The van der Waals surface area contributed by atoms with Crippen LogP contribution in [-0.2, 0) is 16.0 Å². The number of anilines is 6. The summed E-state index contributed by atoms with van der Waals surface area (Å²) in [5, 5.41) is 0. The molecule has 0 aliphatic carbocycles. The SMILES string of the molecule is C=CC(=O)Oc1ccc(N(c2ccccc2)c2ccc(Cc3ccc(N(c4ccccc4)c4ccc(OC(=O)C=C)cc4)cc3)cc2)cc1. The summed E-state index contributed by atoms with van der Waals surface area (Å²) in [6.45, 7) is 6.92. The minimum Gasteiger partial charge on any atom is -0.423 e. The van der Waals surface area contributed by atoms with Crippen LogP contribution < -0.4 is 19.3 Å². The first kappa shape index (κ1) is 32.3. The van der Waals surface area contributed by atoms with Crippen LogP contribution in [0.25, 0.3) is 0 Å². The Bertz CT molecular complexity index is 1870. The van der Waals surface area contributed by atoms with Gasteiger partial charge in [0.05, 0.1) is 0 Å². The van der Waals surface area contributed by atoms with Crippen LogP contribution in [0.3, 0.4) is 0 Å². The van der Waals surface area contributed by atoms with E-state index in [4.69, 9.17) is 9.47 Å². The van der Waals surface area contributed by atoms with Crippen molar-refractivity contribution in [2.45, 2.75) is 6.42 Å². The molecule has 0 aliphatic heterocycles. The van der Waals surface area contributed by atoms with E-state index in [2.05, 4.69) is 95.8 Å². The van der Waals surface area contributed by atoms with E-state index < -0.39 is 11.9 Å². The van der Waals surface area contributed by atoms with Crippen LogP contribution in [0.5, 0.6) is 11.5 Å². The molecule has 0 bridgehead atoms. The fraction of sp³-hybridized carbons (Fsp3) is 0.0233. The smallest absolute Gasteiger partial charge is 0.335 e.